The summed E-state index contributed by atoms with van der Waals surface area (Å²) in [5, 5.41) is 2.73. The molecule has 34 heavy (non-hydrogen) atoms. The third-order valence-corrected chi connectivity index (χ3v) is 6.09. The topological polar surface area (TPSA) is 92.6 Å². The number of urea groups is 1. The molecule has 1 aromatic carbocycles. The second-order valence-corrected chi connectivity index (χ2v) is 8.42. The van der Waals surface area contributed by atoms with Gasteiger partial charge in [0.25, 0.3) is 0 Å². The van der Waals surface area contributed by atoms with E-state index >= 15 is 0 Å². The molecule has 4 rings (SSSR count). The summed E-state index contributed by atoms with van der Waals surface area (Å²) in [6.07, 6.45) is 2.78. The number of piperazine rings is 1. The molecule has 180 valence electrons. The summed E-state index contributed by atoms with van der Waals surface area (Å²) in [6.45, 7) is 9.05. The molecule has 0 radical (unpaired) electrons. The number of hydrogen-bond acceptors (Lipinski definition) is 6. The molecule has 9 nitrogen and oxygen atoms in total. The van der Waals surface area contributed by atoms with E-state index in [1.807, 2.05) is 12.1 Å². The van der Waals surface area contributed by atoms with Crippen LogP contribution in [0.15, 0.2) is 42.6 Å². The summed E-state index contributed by atoms with van der Waals surface area (Å²) >= 11 is 0. The van der Waals surface area contributed by atoms with E-state index in [1.54, 1.807) is 24.9 Å². The van der Waals surface area contributed by atoms with Gasteiger partial charge in [-0.05, 0) is 50.1 Å². The maximum Gasteiger partial charge on any atom is 0.328 e. The summed E-state index contributed by atoms with van der Waals surface area (Å²) in [4.78, 5) is 37.8. The number of benzene rings is 1. The molecule has 1 aliphatic heterocycles. The van der Waals surface area contributed by atoms with Gasteiger partial charge in [-0.2, -0.15) is 0 Å². The number of ether oxygens (including phenoxy) is 1. The van der Waals surface area contributed by atoms with Crippen molar-refractivity contribution in [3.63, 3.8) is 0 Å². The Balaban J connectivity index is 1.44. The quantitative estimate of drug-likeness (QED) is 0.541. The first-order valence-electron chi connectivity index (χ1n) is 11.9. The zero-order valence-electron chi connectivity index (χ0n) is 20.0. The van der Waals surface area contributed by atoms with Gasteiger partial charge < -0.3 is 15.0 Å². The normalized spacial score (nSPS) is 15.3. The van der Waals surface area contributed by atoms with Gasteiger partial charge in [0.1, 0.15) is 17.4 Å². The highest BCUT2D eigenvalue weighted by Crippen LogP contribution is 2.22. The summed E-state index contributed by atoms with van der Waals surface area (Å²) < 4.78 is 7.09. The van der Waals surface area contributed by atoms with Crippen LogP contribution in [0.25, 0.3) is 16.9 Å². The Morgan fingerprint density at radius 3 is 2.50 bits per heavy atom. The van der Waals surface area contributed by atoms with E-state index in [1.165, 1.54) is 5.56 Å². The van der Waals surface area contributed by atoms with Crippen molar-refractivity contribution in [3.05, 3.63) is 54.0 Å². The number of hydrogen-bond donors (Lipinski definition) is 1. The molecule has 9 heteroatoms. The minimum absolute atomic E-state index is 0.243. The number of nitrogens with zero attached hydrogens (tertiary/aromatic N) is 5. The maximum atomic E-state index is 12.6. The zero-order chi connectivity index (χ0) is 24.1. The van der Waals surface area contributed by atoms with Gasteiger partial charge in [-0.25, -0.2) is 19.6 Å². The molecular formula is C25H32N6O3. The molecule has 3 aromatic rings. The lowest BCUT2D eigenvalue weighted by Gasteiger charge is -2.35. The SMILES string of the molecule is CCOC(=O)[C@@H](C)NC(=O)N1CCN(Cc2nc3cccnc3n2-c2ccc(CC)cc2)CC1. The van der Waals surface area contributed by atoms with E-state index in [0.717, 1.165) is 29.1 Å². The number of carbonyl (C=O) groups is 2. The number of aryl methyl sites for hydroxylation is 1. The van der Waals surface area contributed by atoms with Gasteiger partial charge in [0.05, 0.1) is 13.2 Å². The molecule has 0 spiro atoms. The number of aromatic nitrogens is 3. The molecule has 1 saturated heterocycles. The fourth-order valence-electron chi connectivity index (χ4n) is 4.13. The molecule has 1 fully saturated rings. The molecule has 0 saturated carbocycles. The fraction of sp³-hybridized carbons (Fsp3) is 0.440. The van der Waals surface area contributed by atoms with Crippen molar-refractivity contribution < 1.29 is 14.3 Å². The van der Waals surface area contributed by atoms with Crippen molar-refractivity contribution in [1.82, 2.24) is 29.7 Å². The highest BCUT2D eigenvalue weighted by atomic mass is 16.5. The van der Waals surface area contributed by atoms with Crippen molar-refractivity contribution in [2.75, 3.05) is 32.8 Å². The average Bonchev–Trinajstić information content (AvgIpc) is 3.22. The number of pyridine rings is 1. The predicted octanol–water partition coefficient (Wildman–Crippen LogP) is 2.76. The third kappa shape index (κ3) is 5.20. The van der Waals surface area contributed by atoms with Crippen molar-refractivity contribution in [2.45, 2.75) is 39.8 Å². The van der Waals surface area contributed by atoms with Gasteiger partial charge in [0, 0.05) is 38.1 Å². The second kappa shape index (κ2) is 10.6. The Bertz CT molecular complexity index is 1140. The third-order valence-electron chi connectivity index (χ3n) is 6.09. The standard InChI is InChI=1S/C25H32N6O3/c1-4-19-8-10-20(11-9-19)31-22(28-21-7-6-12-26-23(21)31)17-29-13-15-30(16-14-29)25(33)27-18(3)24(32)34-5-2/h6-12,18H,4-5,13-17H2,1-3H3,(H,27,33)/t18-/m1/s1. The van der Waals surface area contributed by atoms with Gasteiger partial charge in [-0.3, -0.25) is 9.47 Å². The molecule has 0 bridgehead atoms. The second-order valence-electron chi connectivity index (χ2n) is 8.42. The number of imidazole rings is 1. The first-order chi connectivity index (χ1) is 16.5. The lowest BCUT2D eigenvalue weighted by molar-refractivity contribution is -0.144. The van der Waals surface area contributed by atoms with Crippen molar-refractivity contribution in [2.24, 2.45) is 0 Å². The number of nitrogens with one attached hydrogen (secondary N) is 1. The first kappa shape index (κ1) is 23.7. The van der Waals surface area contributed by atoms with E-state index in [0.29, 0.717) is 39.3 Å². The van der Waals surface area contributed by atoms with E-state index in [4.69, 9.17) is 9.72 Å². The first-order valence-corrected chi connectivity index (χ1v) is 11.9. The molecule has 1 atom stereocenters. The molecule has 3 heterocycles. The largest absolute Gasteiger partial charge is 0.464 e. The van der Waals surface area contributed by atoms with Crippen molar-refractivity contribution in [1.29, 1.82) is 0 Å². The van der Waals surface area contributed by atoms with Crippen LogP contribution < -0.4 is 5.32 Å². The highest BCUT2D eigenvalue weighted by molar-refractivity contribution is 5.83. The van der Waals surface area contributed by atoms with Gasteiger partial charge in [-0.15, -0.1) is 0 Å². The van der Waals surface area contributed by atoms with Crippen LogP contribution in [-0.4, -0.2) is 75.2 Å². The van der Waals surface area contributed by atoms with E-state index in [2.05, 4.69) is 51.0 Å². The Labute approximate surface area is 199 Å². The number of fused-ring (bicyclic) bond motifs is 1. The smallest absolute Gasteiger partial charge is 0.328 e. The monoisotopic (exact) mass is 464 g/mol. The van der Waals surface area contributed by atoms with Crippen LogP contribution in [-0.2, 0) is 22.5 Å². The Morgan fingerprint density at radius 2 is 1.82 bits per heavy atom. The van der Waals surface area contributed by atoms with Gasteiger partial charge >= 0.3 is 12.0 Å². The van der Waals surface area contributed by atoms with E-state index < -0.39 is 12.0 Å². The Kier molecular flexibility index (Phi) is 7.42. The molecule has 0 aliphatic carbocycles. The predicted molar refractivity (Wildman–Crippen MR) is 130 cm³/mol. The molecule has 0 unspecified atom stereocenters. The number of esters is 1. The van der Waals surface area contributed by atoms with Crippen molar-refractivity contribution in [3.8, 4) is 5.69 Å². The molecular weight excluding hydrogens is 432 g/mol. The number of amides is 2. The van der Waals surface area contributed by atoms with Gasteiger partial charge in [0.2, 0.25) is 0 Å². The van der Waals surface area contributed by atoms with Crippen LogP contribution in [0.5, 0.6) is 0 Å². The lowest BCUT2D eigenvalue weighted by atomic mass is 10.1. The number of rotatable bonds is 7. The maximum absolute atomic E-state index is 12.6. The lowest BCUT2D eigenvalue weighted by Crippen LogP contribution is -2.54. The summed E-state index contributed by atoms with van der Waals surface area (Å²) in [5.74, 6) is 0.501. The fourth-order valence-corrected chi connectivity index (χ4v) is 4.13. The highest BCUT2D eigenvalue weighted by Gasteiger charge is 2.25. The molecule has 2 aromatic heterocycles. The van der Waals surface area contributed by atoms with Crippen LogP contribution >= 0.6 is 0 Å². The van der Waals surface area contributed by atoms with Crippen LogP contribution in [0.3, 0.4) is 0 Å². The van der Waals surface area contributed by atoms with Crippen molar-refractivity contribution >= 4 is 23.2 Å². The van der Waals surface area contributed by atoms with Crippen LogP contribution in [0, 0.1) is 0 Å². The minimum atomic E-state index is -0.669. The van der Waals surface area contributed by atoms with Gasteiger partial charge in [0.15, 0.2) is 5.65 Å². The molecule has 1 aliphatic rings. The van der Waals surface area contributed by atoms with E-state index in [9.17, 15) is 9.59 Å². The zero-order valence-corrected chi connectivity index (χ0v) is 20.0. The number of carbonyl (C=O) groups excluding carboxylic acids is 2. The Morgan fingerprint density at radius 1 is 1.09 bits per heavy atom. The van der Waals surface area contributed by atoms with Gasteiger partial charge in [-0.1, -0.05) is 19.1 Å². The Hall–Kier alpha value is -3.46. The summed E-state index contributed by atoms with van der Waals surface area (Å²) in [5.41, 5.74) is 4.03. The van der Waals surface area contributed by atoms with Crippen LogP contribution in [0.1, 0.15) is 32.2 Å². The average molecular weight is 465 g/mol. The molecule has 2 amide bonds. The minimum Gasteiger partial charge on any atom is -0.464 e. The van der Waals surface area contributed by atoms with E-state index in [-0.39, 0.29) is 6.03 Å². The van der Waals surface area contributed by atoms with Crippen LogP contribution in [0.4, 0.5) is 4.79 Å². The molecule has 1 N–H and O–H groups in total. The van der Waals surface area contributed by atoms with Crippen LogP contribution in [0.2, 0.25) is 0 Å². The summed E-state index contributed by atoms with van der Waals surface area (Å²) in [6, 6.07) is 11.5. The summed E-state index contributed by atoms with van der Waals surface area (Å²) in [7, 11) is 0.